The van der Waals surface area contributed by atoms with Crippen LogP contribution in [0.1, 0.15) is 10.5 Å². The molecular formula is C22H20N4O5S2. The summed E-state index contributed by atoms with van der Waals surface area (Å²) in [5.41, 5.74) is 1.52. The Morgan fingerprint density at radius 2 is 1.76 bits per heavy atom. The molecule has 2 aromatic carbocycles. The second-order valence-corrected chi connectivity index (χ2v) is 9.40. The van der Waals surface area contributed by atoms with Crippen molar-refractivity contribution in [3.8, 4) is 22.1 Å². The molecule has 170 valence electrons. The van der Waals surface area contributed by atoms with E-state index in [9.17, 15) is 13.2 Å². The third kappa shape index (κ3) is 4.99. The molecule has 0 aliphatic rings. The van der Waals surface area contributed by atoms with Gasteiger partial charge in [0.05, 0.1) is 24.8 Å². The average molecular weight is 485 g/mol. The zero-order chi connectivity index (χ0) is 23.4. The fraction of sp³-hybridized carbons (Fsp3) is 0.0909. The number of benzene rings is 2. The molecule has 0 radical (unpaired) electrons. The maximum Gasteiger partial charge on any atom is 0.276 e. The number of amides is 1. The summed E-state index contributed by atoms with van der Waals surface area (Å²) in [7, 11) is -1.12. The fourth-order valence-electron chi connectivity index (χ4n) is 3.02. The lowest BCUT2D eigenvalue weighted by Crippen LogP contribution is -2.16. The van der Waals surface area contributed by atoms with E-state index in [2.05, 4.69) is 20.2 Å². The van der Waals surface area contributed by atoms with Crippen LogP contribution in [0.25, 0.3) is 10.6 Å². The Morgan fingerprint density at radius 1 is 1.00 bits per heavy atom. The Balaban J connectivity index is 1.56. The van der Waals surface area contributed by atoms with Gasteiger partial charge in [-0.25, -0.2) is 8.42 Å². The standard InChI is InChI=1S/C22H20N4O5S2/c1-30-16-8-5-14(6-9-16)26-33(28,29)21-12-15(7-10-19(21)31-2)23-22(27)18-13-17(24-25-18)20-4-3-11-32-20/h3-13,26H,1-2H3,(H,23,27)(H,24,25). The third-order valence-electron chi connectivity index (χ3n) is 4.65. The average Bonchev–Trinajstić information content (AvgIpc) is 3.51. The number of nitrogens with zero attached hydrogens (tertiary/aromatic N) is 1. The van der Waals surface area contributed by atoms with E-state index >= 15 is 0 Å². The van der Waals surface area contributed by atoms with Gasteiger partial charge in [0, 0.05) is 11.4 Å². The van der Waals surface area contributed by atoms with Crippen molar-refractivity contribution >= 4 is 38.6 Å². The number of carbonyl (C=O) groups is 1. The van der Waals surface area contributed by atoms with Crippen molar-refractivity contribution < 1.29 is 22.7 Å². The van der Waals surface area contributed by atoms with E-state index < -0.39 is 15.9 Å². The molecule has 2 aromatic heterocycles. The van der Waals surface area contributed by atoms with Crippen molar-refractivity contribution in [1.29, 1.82) is 0 Å². The Labute approximate surface area is 194 Å². The lowest BCUT2D eigenvalue weighted by atomic mass is 10.2. The number of thiophene rings is 1. The summed E-state index contributed by atoms with van der Waals surface area (Å²) in [5.74, 6) is 0.250. The number of hydrogen-bond acceptors (Lipinski definition) is 7. The lowest BCUT2D eigenvalue weighted by Gasteiger charge is -2.13. The van der Waals surface area contributed by atoms with Gasteiger partial charge in [0.25, 0.3) is 15.9 Å². The molecule has 0 fully saturated rings. The molecule has 0 aliphatic carbocycles. The fourth-order valence-corrected chi connectivity index (χ4v) is 4.97. The van der Waals surface area contributed by atoms with Crippen LogP contribution in [-0.4, -0.2) is 38.7 Å². The van der Waals surface area contributed by atoms with Crippen LogP contribution in [0, 0.1) is 0 Å². The molecule has 0 atom stereocenters. The van der Waals surface area contributed by atoms with Gasteiger partial charge in [0.15, 0.2) is 5.69 Å². The van der Waals surface area contributed by atoms with Gasteiger partial charge in [-0.1, -0.05) is 6.07 Å². The van der Waals surface area contributed by atoms with Crippen LogP contribution >= 0.6 is 11.3 Å². The number of carbonyl (C=O) groups excluding carboxylic acids is 1. The van der Waals surface area contributed by atoms with Crippen LogP contribution in [0.3, 0.4) is 0 Å². The van der Waals surface area contributed by atoms with Crippen molar-refractivity contribution in [3.05, 3.63) is 71.7 Å². The predicted molar refractivity (Wildman–Crippen MR) is 127 cm³/mol. The van der Waals surface area contributed by atoms with Gasteiger partial charge >= 0.3 is 0 Å². The molecule has 33 heavy (non-hydrogen) atoms. The Kier molecular flexibility index (Phi) is 6.33. The summed E-state index contributed by atoms with van der Waals surface area (Å²) in [6.45, 7) is 0. The lowest BCUT2D eigenvalue weighted by molar-refractivity contribution is 0.102. The number of hydrogen-bond donors (Lipinski definition) is 3. The normalized spacial score (nSPS) is 11.1. The summed E-state index contributed by atoms with van der Waals surface area (Å²) >= 11 is 1.52. The molecule has 2 heterocycles. The van der Waals surface area contributed by atoms with Crippen molar-refractivity contribution in [2.45, 2.75) is 4.90 Å². The van der Waals surface area contributed by atoms with Crippen LogP contribution in [0.5, 0.6) is 11.5 Å². The quantitative estimate of drug-likeness (QED) is 0.344. The number of nitrogens with one attached hydrogen (secondary N) is 3. The highest BCUT2D eigenvalue weighted by Crippen LogP contribution is 2.30. The topological polar surface area (TPSA) is 122 Å². The second-order valence-electron chi connectivity index (χ2n) is 6.80. The zero-order valence-electron chi connectivity index (χ0n) is 17.7. The van der Waals surface area contributed by atoms with Gasteiger partial charge in [0.2, 0.25) is 0 Å². The zero-order valence-corrected chi connectivity index (χ0v) is 19.3. The highest BCUT2D eigenvalue weighted by atomic mass is 32.2. The molecular weight excluding hydrogens is 464 g/mol. The van der Waals surface area contributed by atoms with Crippen molar-refractivity contribution in [1.82, 2.24) is 10.2 Å². The first kappa shape index (κ1) is 22.4. The van der Waals surface area contributed by atoms with E-state index in [1.807, 2.05) is 17.5 Å². The van der Waals surface area contributed by atoms with Crippen LogP contribution in [-0.2, 0) is 10.0 Å². The largest absolute Gasteiger partial charge is 0.497 e. The number of aromatic nitrogens is 2. The highest BCUT2D eigenvalue weighted by Gasteiger charge is 2.22. The molecule has 11 heteroatoms. The SMILES string of the molecule is COc1ccc(NS(=O)(=O)c2cc(NC(=O)c3cc(-c4cccs4)[nH]n3)ccc2OC)cc1. The molecule has 0 spiro atoms. The van der Waals surface area contributed by atoms with Crippen molar-refractivity contribution in [2.75, 3.05) is 24.3 Å². The number of methoxy groups -OCH3 is 2. The number of anilines is 2. The van der Waals surface area contributed by atoms with E-state index in [-0.39, 0.29) is 22.0 Å². The Bertz CT molecular complexity index is 1360. The third-order valence-corrected chi connectivity index (χ3v) is 6.96. The van der Waals surface area contributed by atoms with Gasteiger partial charge in [-0.3, -0.25) is 14.6 Å². The van der Waals surface area contributed by atoms with Crippen LogP contribution in [0.15, 0.2) is 70.9 Å². The van der Waals surface area contributed by atoms with E-state index in [1.54, 1.807) is 36.4 Å². The number of H-pyrrole nitrogens is 1. The molecule has 3 N–H and O–H groups in total. The maximum atomic E-state index is 13.0. The first-order valence-electron chi connectivity index (χ1n) is 9.65. The predicted octanol–water partition coefficient (Wildman–Crippen LogP) is 4.21. The smallest absolute Gasteiger partial charge is 0.276 e. The first-order valence-corrected chi connectivity index (χ1v) is 12.0. The Hall–Kier alpha value is -3.83. The van der Waals surface area contributed by atoms with Gasteiger partial charge in [-0.05, 0) is 60.0 Å². The molecule has 4 aromatic rings. The molecule has 9 nitrogen and oxygen atoms in total. The highest BCUT2D eigenvalue weighted by molar-refractivity contribution is 7.92. The van der Waals surface area contributed by atoms with E-state index in [1.165, 1.54) is 37.7 Å². The van der Waals surface area contributed by atoms with Crippen LogP contribution < -0.4 is 19.5 Å². The summed E-state index contributed by atoms with van der Waals surface area (Å²) in [5, 5.41) is 11.5. The molecule has 0 aliphatic heterocycles. The molecule has 4 rings (SSSR count). The van der Waals surface area contributed by atoms with Crippen LogP contribution in [0.4, 0.5) is 11.4 Å². The first-order chi connectivity index (χ1) is 15.9. The monoisotopic (exact) mass is 484 g/mol. The number of rotatable bonds is 8. The molecule has 0 saturated heterocycles. The number of aromatic amines is 1. The maximum absolute atomic E-state index is 13.0. The molecule has 0 unspecified atom stereocenters. The van der Waals surface area contributed by atoms with Crippen molar-refractivity contribution in [2.24, 2.45) is 0 Å². The second kappa shape index (κ2) is 9.35. The molecule has 0 bridgehead atoms. The minimum absolute atomic E-state index is 0.125. The minimum atomic E-state index is -4.01. The summed E-state index contributed by atoms with van der Waals surface area (Å²) < 4.78 is 38.9. The van der Waals surface area contributed by atoms with Gasteiger partial charge in [-0.15, -0.1) is 11.3 Å². The van der Waals surface area contributed by atoms with Crippen LogP contribution in [0.2, 0.25) is 0 Å². The summed E-state index contributed by atoms with van der Waals surface area (Å²) in [6, 6.07) is 16.2. The van der Waals surface area contributed by atoms with E-state index in [0.29, 0.717) is 11.4 Å². The van der Waals surface area contributed by atoms with E-state index in [4.69, 9.17) is 9.47 Å². The Morgan fingerprint density at radius 3 is 2.42 bits per heavy atom. The van der Waals surface area contributed by atoms with Gasteiger partial charge < -0.3 is 14.8 Å². The number of sulfonamides is 1. The summed E-state index contributed by atoms with van der Waals surface area (Å²) in [4.78, 5) is 13.5. The number of ether oxygens (including phenoxy) is 2. The van der Waals surface area contributed by atoms with Crippen molar-refractivity contribution in [3.63, 3.8) is 0 Å². The molecule has 0 saturated carbocycles. The van der Waals surface area contributed by atoms with Gasteiger partial charge in [0.1, 0.15) is 16.4 Å². The summed E-state index contributed by atoms with van der Waals surface area (Å²) in [6.07, 6.45) is 0. The van der Waals surface area contributed by atoms with E-state index in [0.717, 1.165) is 10.6 Å². The minimum Gasteiger partial charge on any atom is -0.497 e. The van der Waals surface area contributed by atoms with Gasteiger partial charge in [-0.2, -0.15) is 5.10 Å². The molecule has 1 amide bonds.